The highest BCUT2D eigenvalue weighted by Gasteiger charge is 2.44. The minimum Gasteiger partial charge on any atom is -0.322 e. The number of amides is 3. The lowest BCUT2D eigenvalue weighted by molar-refractivity contribution is -0.128. The molecule has 4 unspecified atom stereocenters. The Bertz CT molecular complexity index is 331. The van der Waals surface area contributed by atoms with Gasteiger partial charge in [0.1, 0.15) is 0 Å². The van der Waals surface area contributed by atoms with Crippen LogP contribution in [0.15, 0.2) is 0 Å². The van der Waals surface area contributed by atoms with Crippen molar-refractivity contribution in [2.24, 2.45) is 11.8 Å². The molecule has 0 aromatic heterocycles. The molecule has 2 saturated heterocycles. The van der Waals surface area contributed by atoms with Crippen LogP contribution in [0, 0.1) is 11.8 Å². The van der Waals surface area contributed by atoms with E-state index in [1.54, 1.807) is 0 Å². The molecule has 5 heteroatoms. The monoisotopic (exact) mass is 223 g/mol. The second kappa shape index (κ2) is 3.73. The summed E-state index contributed by atoms with van der Waals surface area (Å²) in [6, 6.07) is 0.120. The van der Waals surface area contributed by atoms with E-state index in [0.29, 0.717) is 12.0 Å². The number of urea groups is 1. The molecule has 4 atom stereocenters. The molecule has 3 rings (SSSR count). The smallest absolute Gasteiger partial charge is 0.322 e. The molecule has 0 bridgehead atoms. The van der Waals surface area contributed by atoms with Crippen molar-refractivity contribution in [2.45, 2.75) is 44.3 Å². The van der Waals surface area contributed by atoms with Gasteiger partial charge < -0.3 is 5.32 Å². The fourth-order valence-electron chi connectivity index (χ4n) is 3.30. The van der Waals surface area contributed by atoms with E-state index in [-0.39, 0.29) is 24.0 Å². The molecular weight excluding hydrogens is 206 g/mol. The topological polar surface area (TPSA) is 70.2 Å². The number of carbonyl (C=O) groups excluding carboxylic acids is 2. The van der Waals surface area contributed by atoms with Gasteiger partial charge in [0, 0.05) is 6.04 Å². The molecule has 0 spiro atoms. The average molecular weight is 223 g/mol. The quantitative estimate of drug-likeness (QED) is 0.554. The molecule has 3 aliphatic rings. The van der Waals surface area contributed by atoms with Crippen molar-refractivity contribution in [3.05, 3.63) is 0 Å². The summed E-state index contributed by atoms with van der Waals surface area (Å²) >= 11 is 0. The van der Waals surface area contributed by atoms with Crippen molar-refractivity contribution in [1.82, 2.24) is 16.0 Å². The SMILES string of the molecule is O=C1NC(=O)C2CC3CCCCC3NC2N1. The summed E-state index contributed by atoms with van der Waals surface area (Å²) in [5, 5.41) is 8.57. The van der Waals surface area contributed by atoms with Crippen LogP contribution in [0.5, 0.6) is 0 Å². The molecule has 3 N–H and O–H groups in total. The number of nitrogens with one attached hydrogen (secondary N) is 3. The molecule has 1 saturated carbocycles. The molecule has 2 aliphatic heterocycles. The Morgan fingerprint density at radius 1 is 1.12 bits per heavy atom. The lowest BCUT2D eigenvalue weighted by atomic mass is 9.74. The molecule has 0 aromatic carbocycles. The summed E-state index contributed by atoms with van der Waals surface area (Å²) in [7, 11) is 0. The maximum Gasteiger partial charge on any atom is 0.322 e. The van der Waals surface area contributed by atoms with Crippen LogP contribution in [-0.2, 0) is 4.79 Å². The molecule has 3 fully saturated rings. The molecule has 2 heterocycles. The third-order valence-electron chi connectivity index (χ3n) is 4.12. The molecule has 3 amide bonds. The minimum atomic E-state index is -0.368. The van der Waals surface area contributed by atoms with Crippen molar-refractivity contribution in [2.75, 3.05) is 0 Å². The zero-order valence-corrected chi connectivity index (χ0v) is 9.16. The van der Waals surface area contributed by atoms with Gasteiger partial charge in [0.2, 0.25) is 5.91 Å². The first kappa shape index (κ1) is 10.1. The van der Waals surface area contributed by atoms with E-state index in [1.807, 2.05) is 0 Å². The molecule has 0 aromatic rings. The lowest BCUT2D eigenvalue weighted by Gasteiger charge is -2.45. The van der Waals surface area contributed by atoms with Crippen LogP contribution >= 0.6 is 0 Å². The maximum atomic E-state index is 11.7. The fourth-order valence-corrected chi connectivity index (χ4v) is 3.30. The van der Waals surface area contributed by atoms with Crippen LogP contribution in [-0.4, -0.2) is 24.1 Å². The van der Waals surface area contributed by atoms with Gasteiger partial charge in [-0.25, -0.2) is 4.79 Å². The second-order valence-electron chi connectivity index (χ2n) is 5.10. The van der Waals surface area contributed by atoms with Crippen LogP contribution in [0.25, 0.3) is 0 Å². The number of piperidine rings is 1. The van der Waals surface area contributed by atoms with E-state index >= 15 is 0 Å². The number of imide groups is 1. The predicted octanol–water partition coefficient (Wildman–Crippen LogP) is 0.320. The first-order valence-corrected chi connectivity index (χ1v) is 6.11. The Hall–Kier alpha value is -1.10. The highest BCUT2D eigenvalue weighted by Crippen LogP contribution is 2.35. The van der Waals surface area contributed by atoms with Crippen LogP contribution in [0.3, 0.4) is 0 Å². The highest BCUT2D eigenvalue weighted by atomic mass is 16.2. The minimum absolute atomic E-state index is 0.0861. The number of rotatable bonds is 0. The summed E-state index contributed by atoms with van der Waals surface area (Å²) in [5.74, 6) is 0.401. The fraction of sp³-hybridized carbons (Fsp3) is 0.818. The first-order valence-electron chi connectivity index (χ1n) is 6.11. The largest absolute Gasteiger partial charge is 0.322 e. The molecular formula is C11H17N3O2. The summed E-state index contributed by atoms with van der Waals surface area (Å²) < 4.78 is 0. The standard InChI is InChI=1S/C11H17N3O2/c15-10-7-5-6-3-1-2-4-8(6)12-9(7)13-11(16)14-10/h6-9,12H,1-5H2,(H2,13,14,15,16). The van der Waals surface area contributed by atoms with Gasteiger partial charge in [-0.2, -0.15) is 0 Å². The number of hydrogen-bond acceptors (Lipinski definition) is 3. The molecule has 5 nitrogen and oxygen atoms in total. The molecule has 16 heavy (non-hydrogen) atoms. The predicted molar refractivity (Wildman–Crippen MR) is 57.5 cm³/mol. The van der Waals surface area contributed by atoms with Gasteiger partial charge in [-0.15, -0.1) is 0 Å². The number of carbonyl (C=O) groups is 2. The molecule has 1 aliphatic carbocycles. The van der Waals surface area contributed by atoms with Crippen molar-refractivity contribution in [3.63, 3.8) is 0 Å². The van der Waals surface area contributed by atoms with Crippen molar-refractivity contribution < 1.29 is 9.59 Å². The average Bonchev–Trinajstić information content (AvgIpc) is 2.27. The second-order valence-corrected chi connectivity index (χ2v) is 5.10. The zero-order valence-electron chi connectivity index (χ0n) is 9.16. The molecule has 0 radical (unpaired) electrons. The third kappa shape index (κ3) is 1.59. The van der Waals surface area contributed by atoms with Crippen molar-refractivity contribution >= 4 is 11.9 Å². The van der Waals surface area contributed by atoms with E-state index in [4.69, 9.17) is 0 Å². The summed E-state index contributed by atoms with van der Waals surface area (Å²) in [4.78, 5) is 22.9. The van der Waals surface area contributed by atoms with Gasteiger partial charge in [0.05, 0.1) is 12.1 Å². The Morgan fingerprint density at radius 2 is 1.94 bits per heavy atom. The Balaban J connectivity index is 1.77. The van der Waals surface area contributed by atoms with Crippen molar-refractivity contribution in [3.8, 4) is 0 Å². The van der Waals surface area contributed by atoms with Crippen LogP contribution in [0.2, 0.25) is 0 Å². The van der Waals surface area contributed by atoms with Gasteiger partial charge in [0.25, 0.3) is 0 Å². The highest BCUT2D eigenvalue weighted by molar-refractivity contribution is 5.98. The third-order valence-corrected chi connectivity index (χ3v) is 4.12. The van der Waals surface area contributed by atoms with E-state index in [1.165, 1.54) is 25.7 Å². The van der Waals surface area contributed by atoms with E-state index in [9.17, 15) is 9.59 Å². The normalized spacial score (nSPS) is 42.8. The molecule has 88 valence electrons. The maximum absolute atomic E-state index is 11.7. The number of fused-ring (bicyclic) bond motifs is 2. The van der Waals surface area contributed by atoms with E-state index in [0.717, 1.165) is 6.42 Å². The summed E-state index contributed by atoms with van der Waals surface area (Å²) in [5.41, 5.74) is 0. The summed E-state index contributed by atoms with van der Waals surface area (Å²) in [6.07, 6.45) is 5.67. The first-order chi connectivity index (χ1) is 7.74. The summed E-state index contributed by atoms with van der Waals surface area (Å²) in [6.45, 7) is 0. The van der Waals surface area contributed by atoms with Crippen LogP contribution in [0.4, 0.5) is 4.79 Å². The van der Waals surface area contributed by atoms with Gasteiger partial charge in [0.15, 0.2) is 0 Å². The zero-order chi connectivity index (χ0) is 11.1. The van der Waals surface area contributed by atoms with Crippen LogP contribution < -0.4 is 16.0 Å². The van der Waals surface area contributed by atoms with E-state index in [2.05, 4.69) is 16.0 Å². The number of hydrogen-bond donors (Lipinski definition) is 3. The Kier molecular flexibility index (Phi) is 2.35. The van der Waals surface area contributed by atoms with Crippen LogP contribution in [0.1, 0.15) is 32.1 Å². The Morgan fingerprint density at radius 3 is 2.81 bits per heavy atom. The van der Waals surface area contributed by atoms with Gasteiger partial charge >= 0.3 is 6.03 Å². The van der Waals surface area contributed by atoms with E-state index < -0.39 is 0 Å². The van der Waals surface area contributed by atoms with Gasteiger partial charge in [-0.3, -0.25) is 15.4 Å². The Labute approximate surface area is 94.3 Å². The van der Waals surface area contributed by atoms with Gasteiger partial charge in [-0.05, 0) is 25.2 Å². The van der Waals surface area contributed by atoms with Crippen molar-refractivity contribution in [1.29, 1.82) is 0 Å². The lowest BCUT2D eigenvalue weighted by Crippen LogP contribution is -2.68. The van der Waals surface area contributed by atoms with Gasteiger partial charge in [-0.1, -0.05) is 12.8 Å².